The number of phenols is 1. The predicted octanol–water partition coefficient (Wildman–Crippen LogP) is 2.88. The third-order valence-electron chi connectivity index (χ3n) is 3.62. The van der Waals surface area contributed by atoms with E-state index in [2.05, 4.69) is 5.43 Å². The number of nitrogens with one attached hydrogen (secondary N) is 1. The molecule has 1 aliphatic heterocycles. The molecule has 2 amide bonds. The van der Waals surface area contributed by atoms with Crippen molar-refractivity contribution in [3.63, 3.8) is 0 Å². The van der Waals surface area contributed by atoms with Gasteiger partial charge in [-0.1, -0.05) is 41.9 Å². The summed E-state index contributed by atoms with van der Waals surface area (Å²) in [6.07, 6.45) is 0. The number of hydrogen-bond donors (Lipinski definition) is 2. The van der Waals surface area contributed by atoms with Gasteiger partial charge in [-0.05, 0) is 23.8 Å². The lowest BCUT2D eigenvalue weighted by molar-refractivity contribution is -0.149. The fraction of sp³-hybridized carbons (Fsp3) is 0.125. The van der Waals surface area contributed by atoms with Crippen LogP contribution in [0.15, 0.2) is 48.5 Å². The van der Waals surface area contributed by atoms with E-state index in [1.807, 2.05) is 0 Å². The van der Waals surface area contributed by atoms with E-state index >= 15 is 0 Å². The zero-order valence-corrected chi connectivity index (χ0v) is 13.3. The molecule has 3 rings (SSSR count). The first kappa shape index (κ1) is 15.6. The molecule has 2 aromatic rings. The summed E-state index contributed by atoms with van der Waals surface area (Å²) in [4.78, 5) is 24.2. The number of β-lactam (4-membered cyclic amide) rings is 1. The summed E-state index contributed by atoms with van der Waals surface area (Å²) in [6, 6.07) is 12.5. The Hall–Kier alpha value is -2.24. The number of amides is 2. The molecule has 5 nitrogen and oxygen atoms in total. The Balaban J connectivity index is 1.84. The number of nitrogens with zero attached hydrogens (tertiary/aromatic N) is 1. The summed E-state index contributed by atoms with van der Waals surface area (Å²) in [5.41, 5.74) is 3.18. The Labute approximate surface area is 142 Å². The average Bonchev–Trinajstić information content (AvgIpc) is 2.56. The van der Waals surface area contributed by atoms with Gasteiger partial charge < -0.3 is 5.11 Å². The molecule has 0 spiro atoms. The van der Waals surface area contributed by atoms with E-state index in [1.54, 1.807) is 36.4 Å². The second kappa shape index (κ2) is 6.10. The van der Waals surface area contributed by atoms with E-state index in [0.29, 0.717) is 10.6 Å². The standard InChI is InChI=1S/C16H12Cl2N2O3/c17-11-7-3-1-5-9(11)14-13(18)16(23)20(14)19-15(22)10-6-2-4-8-12(10)21/h1-8,13-14,21H,(H,19,22)/t13-,14-/m1/s1. The summed E-state index contributed by atoms with van der Waals surface area (Å²) in [5.74, 6) is -1.20. The minimum absolute atomic E-state index is 0.0660. The lowest BCUT2D eigenvalue weighted by Gasteiger charge is -2.44. The summed E-state index contributed by atoms with van der Waals surface area (Å²) < 4.78 is 0. The molecule has 0 saturated carbocycles. The van der Waals surface area contributed by atoms with Crippen LogP contribution in [0.2, 0.25) is 5.02 Å². The molecule has 0 aromatic heterocycles. The van der Waals surface area contributed by atoms with Crippen LogP contribution < -0.4 is 5.43 Å². The third-order valence-corrected chi connectivity index (χ3v) is 4.39. The maximum Gasteiger partial charge on any atom is 0.273 e. The molecule has 0 bridgehead atoms. The first-order chi connectivity index (χ1) is 11.0. The largest absolute Gasteiger partial charge is 0.507 e. The van der Waals surface area contributed by atoms with Crippen LogP contribution in [0.25, 0.3) is 0 Å². The molecule has 0 unspecified atom stereocenters. The van der Waals surface area contributed by atoms with Crippen molar-refractivity contribution in [3.05, 3.63) is 64.7 Å². The summed E-state index contributed by atoms with van der Waals surface area (Å²) in [5, 5.41) is 10.5. The van der Waals surface area contributed by atoms with Crippen molar-refractivity contribution in [1.82, 2.24) is 10.4 Å². The van der Waals surface area contributed by atoms with Gasteiger partial charge >= 0.3 is 0 Å². The van der Waals surface area contributed by atoms with Crippen molar-refractivity contribution in [2.45, 2.75) is 11.4 Å². The normalized spacial score (nSPS) is 20.1. The first-order valence-corrected chi connectivity index (χ1v) is 7.62. The van der Waals surface area contributed by atoms with Crippen LogP contribution in [0.5, 0.6) is 5.75 Å². The highest BCUT2D eigenvalue weighted by Crippen LogP contribution is 2.40. The van der Waals surface area contributed by atoms with E-state index in [1.165, 1.54) is 12.1 Å². The number of para-hydroxylation sites is 1. The smallest absolute Gasteiger partial charge is 0.273 e. The molecular formula is C16H12Cl2N2O3. The van der Waals surface area contributed by atoms with Crippen LogP contribution in [-0.2, 0) is 4.79 Å². The maximum atomic E-state index is 12.2. The van der Waals surface area contributed by atoms with Crippen LogP contribution in [0.1, 0.15) is 22.0 Å². The molecule has 2 N–H and O–H groups in total. The number of halogens is 2. The molecule has 23 heavy (non-hydrogen) atoms. The van der Waals surface area contributed by atoms with E-state index in [-0.39, 0.29) is 11.3 Å². The number of rotatable bonds is 3. The molecular weight excluding hydrogens is 339 g/mol. The highest BCUT2D eigenvalue weighted by Gasteiger charge is 2.49. The van der Waals surface area contributed by atoms with E-state index in [9.17, 15) is 14.7 Å². The highest BCUT2D eigenvalue weighted by molar-refractivity contribution is 6.35. The van der Waals surface area contributed by atoms with Gasteiger partial charge in [0, 0.05) is 5.02 Å². The van der Waals surface area contributed by atoms with Crippen molar-refractivity contribution in [3.8, 4) is 5.75 Å². The molecule has 1 aliphatic rings. The minimum Gasteiger partial charge on any atom is -0.507 e. The van der Waals surface area contributed by atoms with Gasteiger partial charge in [0.05, 0.1) is 5.56 Å². The molecule has 1 heterocycles. The molecule has 1 saturated heterocycles. The van der Waals surface area contributed by atoms with Gasteiger partial charge in [-0.3, -0.25) is 15.0 Å². The van der Waals surface area contributed by atoms with E-state index in [0.717, 1.165) is 5.01 Å². The fourth-order valence-corrected chi connectivity index (χ4v) is 3.03. The van der Waals surface area contributed by atoms with Crippen LogP contribution in [0.4, 0.5) is 0 Å². The molecule has 0 aliphatic carbocycles. The van der Waals surface area contributed by atoms with Crippen LogP contribution in [-0.4, -0.2) is 27.3 Å². The first-order valence-electron chi connectivity index (χ1n) is 6.81. The van der Waals surface area contributed by atoms with Crippen LogP contribution in [0.3, 0.4) is 0 Å². The molecule has 1 fully saturated rings. The predicted molar refractivity (Wildman–Crippen MR) is 86.3 cm³/mol. The van der Waals surface area contributed by atoms with Gasteiger partial charge in [0.1, 0.15) is 17.2 Å². The number of hydrogen-bond acceptors (Lipinski definition) is 3. The van der Waals surface area contributed by atoms with Gasteiger partial charge in [-0.15, -0.1) is 11.6 Å². The Morgan fingerprint density at radius 2 is 1.78 bits per heavy atom. The SMILES string of the molecule is O=C(NN1C(=O)[C@H](Cl)[C@H]1c1ccccc1Cl)c1ccccc1O. The molecule has 7 heteroatoms. The van der Waals surface area contributed by atoms with Crippen LogP contribution in [0, 0.1) is 0 Å². The number of phenolic OH excluding ortho intramolecular Hbond substituents is 1. The second-order valence-electron chi connectivity index (χ2n) is 5.03. The Kier molecular flexibility index (Phi) is 4.15. The molecule has 2 atom stereocenters. The third kappa shape index (κ3) is 2.73. The topological polar surface area (TPSA) is 69.6 Å². The van der Waals surface area contributed by atoms with Gasteiger partial charge in [0.25, 0.3) is 11.8 Å². The van der Waals surface area contributed by atoms with Gasteiger partial charge in [0.2, 0.25) is 0 Å². The lowest BCUT2D eigenvalue weighted by Crippen LogP contribution is -2.63. The zero-order chi connectivity index (χ0) is 16.6. The molecule has 0 radical (unpaired) electrons. The lowest BCUT2D eigenvalue weighted by atomic mass is 9.95. The fourth-order valence-electron chi connectivity index (χ4n) is 2.43. The molecule has 118 valence electrons. The number of benzene rings is 2. The van der Waals surface area contributed by atoms with Crippen molar-refractivity contribution in [2.24, 2.45) is 0 Å². The van der Waals surface area contributed by atoms with E-state index < -0.39 is 23.2 Å². The average molecular weight is 351 g/mol. The zero-order valence-electron chi connectivity index (χ0n) is 11.7. The Morgan fingerprint density at radius 1 is 1.13 bits per heavy atom. The maximum absolute atomic E-state index is 12.2. The van der Waals surface area contributed by atoms with Crippen molar-refractivity contribution < 1.29 is 14.7 Å². The number of aromatic hydroxyl groups is 1. The van der Waals surface area contributed by atoms with Gasteiger partial charge in [0.15, 0.2) is 0 Å². The highest BCUT2D eigenvalue weighted by atomic mass is 35.5. The van der Waals surface area contributed by atoms with Crippen LogP contribution >= 0.6 is 23.2 Å². The van der Waals surface area contributed by atoms with Crippen molar-refractivity contribution >= 4 is 35.0 Å². The molecule has 2 aromatic carbocycles. The van der Waals surface area contributed by atoms with Gasteiger partial charge in [-0.2, -0.15) is 0 Å². The van der Waals surface area contributed by atoms with Crippen molar-refractivity contribution in [2.75, 3.05) is 0 Å². The number of carbonyl (C=O) groups excluding carboxylic acids is 2. The quantitative estimate of drug-likeness (QED) is 0.660. The van der Waals surface area contributed by atoms with Crippen molar-refractivity contribution in [1.29, 1.82) is 0 Å². The number of hydrazine groups is 1. The second-order valence-corrected chi connectivity index (χ2v) is 5.91. The summed E-state index contributed by atoms with van der Waals surface area (Å²) >= 11 is 12.2. The van der Waals surface area contributed by atoms with E-state index in [4.69, 9.17) is 23.2 Å². The Bertz CT molecular complexity index is 781. The Morgan fingerprint density at radius 3 is 2.48 bits per heavy atom. The number of alkyl halides is 1. The summed E-state index contributed by atoms with van der Waals surface area (Å²) in [7, 11) is 0. The van der Waals surface area contributed by atoms with Gasteiger partial charge in [-0.25, -0.2) is 5.01 Å². The summed E-state index contributed by atoms with van der Waals surface area (Å²) in [6.45, 7) is 0. The number of carbonyl (C=O) groups is 2. The minimum atomic E-state index is -0.806. The monoisotopic (exact) mass is 350 g/mol.